The van der Waals surface area contributed by atoms with Crippen LogP contribution in [0, 0.1) is 5.92 Å². The Bertz CT molecular complexity index is 391. The summed E-state index contributed by atoms with van der Waals surface area (Å²) < 4.78 is 28.0. The molecule has 1 saturated carbocycles. The molecular formula is C12H24N2O4S. The second kappa shape index (κ2) is 7.21. The van der Waals surface area contributed by atoms with Gasteiger partial charge in [-0.1, -0.05) is 26.2 Å². The molecule has 1 rings (SSSR count). The second-order valence-corrected chi connectivity index (χ2v) is 7.05. The molecule has 0 aliphatic heterocycles. The molecule has 0 spiro atoms. The minimum absolute atomic E-state index is 0.0724. The van der Waals surface area contributed by atoms with Crippen LogP contribution < -0.4 is 4.72 Å². The van der Waals surface area contributed by atoms with Gasteiger partial charge in [0.25, 0.3) is 10.2 Å². The lowest BCUT2D eigenvalue weighted by Gasteiger charge is -2.30. The monoisotopic (exact) mass is 292 g/mol. The highest BCUT2D eigenvalue weighted by molar-refractivity contribution is 7.87. The molecule has 0 saturated heterocycles. The van der Waals surface area contributed by atoms with Crippen LogP contribution in [0.15, 0.2) is 0 Å². The first kappa shape index (κ1) is 16.4. The molecule has 19 heavy (non-hydrogen) atoms. The Morgan fingerprint density at radius 2 is 1.95 bits per heavy atom. The van der Waals surface area contributed by atoms with Gasteiger partial charge < -0.3 is 5.11 Å². The number of hydrogen-bond donors (Lipinski definition) is 2. The number of rotatable bonds is 7. The summed E-state index contributed by atoms with van der Waals surface area (Å²) >= 11 is 0. The quantitative estimate of drug-likeness (QED) is 0.738. The number of carboxylic acids is 1. The molecule has 0 aromatic heterocycles. The van der Waals surface area contributed by atoms with Gasteiger partial charge in [0.15, 0.2) is 0 Å². The van der Waals surface area contributed by atoms with E-state index >= 15 is 0 Å². The highest BCUT2D eigenvalue weighted by Gasteiger charge is 2.27. The molecule has 0 bridgehead atoms. The van der Waals surface area contributed by atoms with Crippen LogP contribution >= 0.6 is 0 Å². The van der Waals surface area contributed by atoms with Crippen LogP contribution in [0.3, 0.4) is 0 Å². The number of nitrogens with zero attached hydrogens (tertiary/aromatic N) is 1. The van der Waals surface area contributed by atoms with Gasteiger partial charge in [0, 0.05) is 19.6 Å². The van der Waals surface area contributed by atoms with Crippen LogP contribution in [0.4, 0.5) is 0 Å². The number of carbonyl (C=O) groups is 1. The number of hydrogen-bond acceptors (Lipinski definition) is 3. The minimum Gasteiger partial charge on any atom is -0.481 e. The normalized spacial score (nSPS) is 19.5. The van der Waals surface area contributed by atoms with E-state index in [0.29, 0.717) is 6.42 Å². The van der Waals surface area contributed by atoms with Gasteiger partial charge in [-0.15, -0.1) is 0 Å². The van der Waals surface area contributed by atoms with Gasteiger partial charge in [-0.3, -0.25) is 4.79 Å². The topological polar surface area (TPSA) is 86.7 Å². The summed E-state index contributed by atoms with van der Waals surface area (Å²) in [6.07, 6.45) is 5.42. The predicted molar refractivity (Wildman–Crippen MR) is 73.0 cm³/mol. The first-order chi connectivity index (χ1) is 8.84. The van der Waals surface area contributed by atoms with Gasteiger partial charge in [0.1, 0.15) is 0 Å². The lowest BCUT2D eigenvalue weighted by molar-refractivity contribution is -0.141. The second-order valence-electron chi connectivity index (χ2n) is 5.24. The Hall–Kier alpha value is -0.660. The molecule has 0 heterocycles. The summed E-state index contributed by atoms with van der Waals surface area (Å²) in [6.45, 7) is 1.73. The van der Waals surface area contributed by atoms with E-state index in [0.717, 1.165) is 25.7 Å². The van der Waals surface area contributed by atoms with Crippen molar-refractivity contribution in [2.24, 2.45) is 5.92 Å². The van der Waals surface area contributed by atoms with Crippen LogP contribution in [0.25, 0.3) is 0 Å². The summed E-state index contributed by atoms with van der Waals surface area (Å²) in [4.78, 5) is 10.6. The molecular weight excluding hydrogens is 268 g/mol. The molecule has 0 aromatic carbocycles. The first-order valence-corrected chi connectivity index (χ1v) is 8.24. The summed E-state index contributed by atoms with van der Waals surface area (Å²) in [7, 11) is -1.89. The Labute approximate surface area is 115 Å². The van der Waals surface area contributed by atoms with Gasteiger partial charge in [-0.2, -0.15) is 12.7 Å². The van der Waals surface area contributed by atoms with E-state index in [-0.39, 0.29) is 12.6 Å². The van der Waals surface area contributed by atoms with Crippen LogP contribution in [0.2, 0.25) is 0 Å². The third-order valence-corrected chi connectivity index (χ3v) is 5.38. The van der Waals surface area contributed by atoms with E-state index in [1.807, 2.05) is 0 Å². The lowest BCUT2D eigenvalue weighted by Crippen LogP contribution is -2.45. The Morgan fingerprint density at radius 1 is 1.37 bits per heavy atom. The summed E-state index contributed by atoms with van der Waals surface area (Å²) in [5.74, 6) is -1.44. The van der Waals surface area contributed by atoms with E-state index in [4.69, 9.17) is 5.11 Å². The van der Waals surface area contributed by atoms with Crippen molar-refractivity contribution in [2.75, 3.05) is 13.6 Å². The fraction of sp³-hybridized carbons (Fsp3) is 0.917. The number of carboxylic acid groups (broad SMARTS) is 1. The average molecular weight is 292 g/mol. The molecule has 1 aliphatic carbocycles. The Morgan fingerprint density at radius 3 is 2.47 bits per heavy atom. The number of nitrogens with one attached hydrogen (secondary N) is 1. The Kier molecular flexibility index (Phi) is 6.22. The smallest absolute Gasteiger partial charge is 0.306 e. The van der Waals surface area contributed by atoms with Crippen molar-refractivity contribution in [3.63, 3.8) is 0 Å². The fourth-order valence-electron chi connectivity index (χ4n) is 2.27. The fourth-order valence-corrected chi connectivity index (χ4v) is 3.45. The predicted octanol–water partition coefficient (Wildman–Crippen LogP) is 1.20. The average Bonchev–Trinajstić information content (AvgIpc) is 2.38. The lowest BCUT2D eigenvalue weighted by atomic mass is 9.96. The van der Waals surface area contributed by atoms with Crippen molar-refractivity contribution >= 4 is 16.2 Å². The maximum Gasteiger partial charge on any atom is 0.306 e. The highest BCUT2D eigenvalue weighted by atomic mass is 32.2. The standard InChI is InChI=1S/C12H24N2O4S/c1-10(12(15)16)8-9-13-19(17,18)14(2)11-6-4-3-5-7-11/h10-11,13H,3-9H2,1-2H3,(H,15,16). The van der Waals surface area contributed by atoms with Gasteiger partial charge in [0.05, 0.1) is 5.92 Å². The third-order valence-electron chi connectivity index (χ3n) is 3.75. The molecule has 1 unspecified atom stereocenters. The van der Waals surface area contributed by atoms with Crippen molar-refractivity contribution in [3.05, 3.63) is 0 Å². The van der Waals surface area contributed by atoms with Crippen molar-refractivity contribution in [1.82, 2.24) is 9.03 Å². The zero-order valence-electron chi connectivity index (χ0n) is 11.6. The van der Waals surface area contributed by atoms with Crippen molar-refractivity contribution in [1.29, 1.82) is 0 Å². The zero-order valence-corrected chi connectivity index (χ0v) is 12.4. The molecule has 6 nitrogen and oxygen atoms in total. The van der Waals surface area contributed by atoms with E-state index < -0.39 is 22.1 Å². The van der Waals surface area contributed by atoms with Crippen LogP contribution in [-0.2, 0) is 15.0 Å². The van der Waals surface area contributed by atoms with E-state index in [1.165, 1.54) is 10.7 Å². The molecule has 2 N–H and O–H groups in total. The van der Waals surface area contributed by atoms with E-state index in [1.54, 1.807) is 14.0 Å². The third kappa shape index (κ3) is 5.08. The molecule has 1 atom stereocenters. The van der Waals surface area contributed by atoms with Crippen LogP contribution in [-0.4, -0.2) is 43.4 Å². The van der Waals surface area contributed by atoms with E-state index in [9.17, 15) is 13.2 Å². The van der Waals surface area contributed by atoms with Gasteiger partial charge >= 0.3 is 5.97 Å². The largest absolute Gasteiger partial charge is 0.481 e. The molecule has 112 valence electrons. The van der Waals surface area contributed by atoms with Gasteiger partial charge in [-0.25, -0.2) is 4.72 Å². The van der Waals surface area contributed by atoms with Crippen molar-refractivity contribution < 1.29 is 18.3 Å². The SMILES string of the molecule is CC(CCNS(=O)(=O)N(C)C1CCCCC1)C(=O)O. The molecule has 7 heteroatoms. The van der Waals surface area contributed by atoms with Crippen LogP contribution in [0.1, 0.15) is 45.4 Å². The maximum absolute atomic E-state index is 12.0. The maximum atomic E-state index is 12.0. The summed E-state index contributed by atoms with van der Waals surface area (Å²) in [6, 6.07) is 0.0724. The van der Waals surface area contributed by atoms with Gasteiger partial charge in [0.2, 0.25) is 0 Å². The molecule has 0 radical (unpaired) electrons. The number of aliphatic carboxylic acids is 1. The van der Waals surface area contributed by atoms with E-state index in [2.05, 4.69) is 4.72 Å². The highest BCUT2D eigenvalue weighted by Crippen LogP contribution is 2.22. The van der Waals surface area contributed by atoms with Gasteiger partial charge in [-0.05, 0) is 19.3 Å². The molecule has 0 amide bonds. The zero-order chi connectivity index (χ0) is 14.5. The minimum atomic E-state index is -3.49. The molecule has 1 aliphatic rings. The Balaban J connectivity index is 2.43. The molecule has 1 fully saturated rings. The molecule has 0 aromatic rings. The summed E-state index contributed by atoms with van der Waals surface area (Å²) in [5.41, 5.74) is 0. The summed E-state index contributed by atoms with van der Waals surface area (Å²) in [5, 5.41) is 8.74. The van der Waals surface area contributed by atoms with Crippen LogP contribution in [0.5, 0.6) is 0 Å². The van der Waals surface area contributed by atoms with Crippen molar-refractivity contribution in [3.8, 4) is 0 Å². The first-order valence-electron chi connectivity index (χ1n) is 6.80. The van der Waals surface area contributed by atoms with Crippen molar-refractivity contribution in [2.45, 2.75) is 51.5 Å².